The molecular weight excluding hydrogens is 668 g/mol. The maximum atomic E-state index is 17.0. The van der Waals surface area contributed by atoms with E-state index in [1.54, 1.807) is 6.92 Å². The molecule has 2 aromatic carbocycles. The van der Waals surface area contributed by atoms with E-state index in [2.05, 4.69) is 38.8 Å². The highest BCUT2D eigenvalue weighted by molar-refractivity contribution is 6.03. The Labute approximate surface area is 300 Å². The van der Waals surface area contributed by atoms with Gasteiger partial charge >= 0.3 is 6.01 Å². The number of aromatic hydroxyl groups is 1. The lowest BCUT2D eigenvalue weighted by molar-refractivity contribution is -0.117. The minimum atomic E-state index is -0.898. The monoisotopic (exact) mass is 707 g/mol. The number of fused-ring (bicyclic) bond motifs is 2. The molecule has 2 atom stereocenters. The number of amides is 1. The van der Waals surface area contributed by atoms with Crippen LogP contribution in [0.3, 0.4) is 0 Å². The number of rotatable bonds is 9. The molecule has 1 aliphatic carbocycles. The summed E-state index contributed by atoms with van der Waals surface area (Å²) >= 11 is 0. The molecule has 0 spiro atoms. The Morgan fingerprint density at radius 1 is 1.23 bits per heavy atom. The number of terminal acetylenes is 1. The first kappa shape index (κ1) is 35.1. The molecule has 3 aliphatic rings. The smallest absolute Gasteiger partial charge is 0.319 e. The van der Waals surface area contributed by atoms with Crippen molar-refractivity contribution in [2.75, 3.05) is 57.4 Å². The fourth-order valence-electron chi connectivity index (χ4n) is 7.33. The Balaban J connectivity index is 1.34. The molecule has 0 bridgehead atoms. The molecule has 4 heterocycles. The molecule has 268 valence electrons. The number of morpholine rings is 1. The number of hydrogen-bond donors (Lipinski definition) is 2. The van der Waals surface area contributed by atoms with Gasteiger partial charge in [0.2, 0.25) is 5.91 Å². The van der Waals surface area contributed by atoms with Crippen molar-refractivity contribution in [2.45, 2.75) is 38.6 Å². The Morgan fingerprint density at radius 3 is 2.73 bits per heavy atom. The molecule has 0 radical (unpaired) electrons. The maximum Gasteiger partial charge on any atom is 0.319 e. The summed E-state index contributed by atoms with van der Waals surface area (Å²) in [5.74, 6) is 0.580. The van der Waals surface area contributed by atoms with E-state index in [1.165, 1.54) is 30.5 Å². The van der Waals surface area contributed by atoms with Crippen LogP contribution in [0.5, 0.6) is 11.8 Å². The highest BCUT2D eigenvalue weighted by Gasteiger charge is 2.45. The zero-order valence-corrected chi connectivity index (χ0v) is 28.9. The number of ether oxygens (including phenoxy) is 2. The zero-order chi connectivity index (χ0) is 36.6. The standard InChI is InChI=1S/C39H39F2N7O4/c1-4-26-29(40)8-7-24-17-25(49)18-27(32(24)26)34-33(41)35-28(19-43-34)36(48-12-6-9-38(3,21-42)30(20-48)44-31(50)5-2)46-37(45-35)52-23-39(10-11-39)22-47-13-15-51-16-14-47/h1,5,7-8,17-19,30,49H,2,6,9-16,20,22-23H2,3H3,(H,44,50)/t30-,38-/m1/s1. The number of nitrogens with one attached hydrogen (secondary N) is 1. The third-order valence-electron chi connectivity index (χ3n) is 10.6. The van der Waals surface area contributed by atoms with Crippen LogP contribution in [0.2, 0.25) is 0 Å². The van der Waals surface area contributed by atoms with Crippen LogP contribution in [0.1, 0.15) is 38.2 Å². The summed E-state index contributed by atoms with van der Waals surface area (Å²) < 4.78 is 43.8. The first-order valence-electron chi connectivity index (χ1n) is 17.4. The van der Waals surface area contributed by atoms with Gasteiger partial charge in [-0.1, -0.05) is 18.6 Å². The minimum absolute atomic E-state index is 0.0399. The topological polar surface area (TPSA) is 137 Å². The van der Waals surface area contributed by atoms with E-state index < -0.39 is 29.0 Å². The van der Waals surface area contributed by atoms with Gasteiger partial charge in [0.05, 0.1) is 48.3 Å². The van der Waals surface area contributed by atoms with E-state index in [9.17, 15) is 19.6 Å². The normalized spacial score (nSPS) is 21.6. The highest BCUT2D eigenvalue weighted by atomic mass is 19.1. The number of carbonyl (C=O) groups excluding carboxylic acids is 1. The predicted octanol–water partition coefficient (Wildman–Crippen LogP) is 5.10. The Kier molecular flexibility index (Phi) is 9.42. The fraction of sp³-hybridized carbons (Fsp3) is 0.410. The van der Waals surface area contributed by atoms with E-state index in [0.717, 1.165) is 38.6 Å². The lowest BCUT2D eigenvalue weighted by Crippen LogP contribution is -2.50. The molecule has 4 aromatic rings. The largest absolute Gasteiger partial charge is 0.508 e. The number of carbonyl (C=O) groups is 1. The van der Waals surface area contributed by atoms with Crippen molar-refractivity contribution >= 4 is 33.4 Å². The lowest BCUT2D eigenvalue weighted by atomic mass is 9.80. The van der Waals surface area contributed by atoms with Gasteiger partial charge in [0.25, 0.3) is 0 Å². The molecular formula is C39H39F2N7O4. The molecule has 11 nitrogen and oxygen atoms in total. The average Bonchev–Trinajstić information content (AvgIpc) is 3.94. The van der Waals surface area contributed by atoms with Crippen LogP contribution in [0.25, 0.3) is 32.9 Å². The van der Waals surface area contributed by atoms with Crippen molar-refractivity contribution in [1.29, 1.82) is 5.26 Å². The van der Waals surface area contributed by atoms with Crippen LogP contribution < -0.4 is 15.0 Å². The highest BCUT2D eigenvalue weighted by Crippen LogP contribution is 2.47. The van der Waals surface area contributed by atoms with Crippen LogP contribution in [-0.4, -0.2) is 89.5 Å². The second-order valence-corrected chi connectivity index (χ2v) is 14.2. The second kappa shape index (κ2) is 14.0. The molecule has 2 saturated heterocycles. The molecule has 7 rings (SSSR count). The van der Waals surface area contributed by atoms with Gasteiger partial charge in [-0.3, -0.25) is 14.7 Å². The van der Waals surface area contributed by atoms with Crippen LogP contribution in [0.4, 0.5) is 14.6 Å². The first-order chi connectivity index (χ1) is 25.1. The van der Waals surface area contributed by atoms with E-state index >= 15 is 4.39 Å². The number of phenols is 1. The molecule has 1 amide bonds. The van der Waals surface area contributed by atoms with Crippen LogP contribution >= 0.6 is 0 Å². The lowest BCUT2D eigenvalue weighted by Gasteiger charge is -2.33. The van der Waals surface area contributed by atoms with Crippen molar-refractivity contribution in [3.8, 4) is 41.4 Å². The van der Waals surface area contributed by atoms with Crippen molar-refractivity contribution in [3.63, 3.8) is 0 Å². The molecule has 1 saturated carbocycles. The number of nitriles is 1. The molecule has 2 aromatic heterocycles. The van der Waals surface area contributed by atoms with Crippen molar-refractivity contribution in [2.24, 2.45) is 10.8 Å². The van der Waals surface area contributed by atoms with E-state index in [-0.39, 0.29) is 56.8 Å². The van der Waals surface area contributed by atoms with Crippen molar-refractivity contribution in [1.82, 2.24) is 25.2 Å². The number of benzene rings is 2. The quantitative estimate of drug-likeness (QED) is 0.179. The number of nitrogens with zero attached hydrogens (tertiary/aromatic N) is 6. The summed E-state index contributed by atoms with van der Waals surface area (Å²) in [6.07, 6.45) is 11.3. The molecule has 3 fully saturated rings. The van der Waals surface area contributed by atoms with E-state index in [0.29, 0.717) is 50.4 Å². The third kappa shape index (κ3) is 6.70. The molecule has 52 heavy (non-hydrogen) atoms. The average molecular weight is 708 g/mol. The Bertz CT molecular complexity index is 2160. The van der Waals surface area contributed by atoms with E-state index in [4.69, 9.17) is 20.9 Å². The molecule has 2 aliphatic heterocycles. The Hall–Kier alpha value is -5.37. The Morgan fingerprint density at radius 2 is 2.02 bits per heavy atom. The fourth-order valence-corrected chi connectivity index (χ4v) is 7.33. The summed E-state index contributed by atoms with van der Waals surface area (Å²) in [5, 5.41) is 24.6. The minimum Gasteiger partial charge on any atom is -0.508 e. The van der Waals surface area contributed by atoms with E-state index in [1.807, 2.05) is 4.90 Å². The molecule has 2 N–H and O–H groups in total. The van der Waals surface area contributed by atoms with Gasteiger partial charge in [0, 0.05) is 55.3 Å². The number of phenolic OH excluding ortho intramolecular Hbond substituents is 1. The van der Waals surface area contributed by atoms with Gasteiger partial charge in [-0.05, 0) is 62.3 Å². The summed E-state index contributed by atoms with van der Waals surface area (Å²) in [5.41, 5.74) is -1.28. The maximum absolute atomic E-state index is 17.0. The van der Waals surface area contributed by atoms with Crippen molar-refractivity contribution in [3.05, 3.63) is 60.3 Å². The van der Waals surface area contributed by atoms with Crippen LogP contribution in [0.15, 0.2) is 43.1 Å². The van der Waals surface area contributed by atoms with Crippen LogP contribution in [-0.2, 0) is 9.53 Å². The van der Waals surface area contributed by atoms with Gasteiger partial charge in [-0.15, -0.1) is 6.42 Å². The van der Waals surface area contributed by atoms with Gasteiger partial charge in [0.15, 0.2) is 5.82 Å². The SMILES string of the molecule is C#Cc1c(F)ccc2cc(O)cc(-c3ncc4c(N5CCC[C@](C)(C#N)[C@H](NC(=O)C=C)C5)nc(OCC5(CN6CCOCC6)CC5)nc4c3F)c12. The summed E-state index contributed by atoms with van der Waals surface area (Å²) in [7, 11) is 0. The van der Waals surface area contributed by atoms with Gasteiger partial charge in [-0.25, -0.2) is 8.78 Å². The van der Waals surface area contributed by atoms with Crippen molar-refractivity contribution < 1.29 is 28.2 Å². The number of halogens is 2. The summed E-state index contributed by atoms with van der Waals surface area (Å²) in [4.78, 5) is 30.7. The van der Waals surface area contributed by atoms with Gasteiger partial charge in [0.1, 0.15) is 28.6 Å². The van der Waals surface area contributed by atoms with Crippen LogP contribution in [0, 0.1) is 46.1 Å². The number of aromatic nitrogens is 3. The number of pyridine rings is 1. The number of anilines is 1. The summed E-state index contributed by atoms with van der Waals surface area (Å²) in [6, 6.07) is 7.11. The molecule has 13 heteroatoms. The number of hydrogen-bond acceptors (Lipinski definition) is 10. The van der Waals surface area contributed by atoms with Gasteiger partial charge in [-0.2, -0.15) is 15.2 Å². The third-order valence-corrected chi connectivity index (χ3v) is 10.6. The zero-order valence-electron chi connectivity index (χ0n) is 28.9. The first-order valence-corrected chi connectivity index (χ1v) is 17.4. The summed E-state index contributed by atoms with van der Waals surface area (Å²) in [6.45, 7) is 10.2. The predicted molar refractivity (Wildman–Crippen MR) is 192 cm³/mol. The van der Waals surface area contributed by atoms with Gasteiger partial charge < -0.3 is 24.8 Å². The molecule has 0 unspecified atom stereocenters. The second-order valence-electron chi connectivity index (χ2n) is 14.2.